The molecule has 7 nitrogen and oxygen atoms in total. The van der Waals surface area contributed by atoms with Gasteiger partial charge in [0, 0.05) is 24.0 Å². The summed E-state index contributed by atoms with van der Waals surface area (Å²) in [5.41, 5.74) is 5.55. The number of anilines is 1. The fraction of sp³-hybridized carbons (Fsp3) is 0.286. The number of carbonyl (C=O) groups is 2. The van der Waals surface area contributed by atoms with Gasteiger partial charge < -0.3 is 10.2 Å². The molecule has 1 N–H and O–H groups in total. The first kappa shape index (κ1) is 25.2. The molecule has 0 saturated heterocycles. The third kappa shape index (κ3) is 5.19. The second-order valence-corrected chi connectivity index (χ2v) is 11.5. The molecular formula is C28H28N4O3S2. The molecule has 0 atom stereocenters. The Balaban J connectivity index is 1.52. The molecule has 1 aliphatic heterocycles. The molecule has 2 aromatic heterocycles. The van der Waals surface area contributed by atoms with E-state index in [1.165, 1.54) is 23.1 Å². The van der Waals surface area contributed by atoms with E-state index in [9.17, 15) is 14.4 Å². The van der Waals surface area contributed by atoms with E-state index < -0.39 is 0 Å². The number of benzene rings is 2. The minimum Gasteiger partial charge on any atom is -0.337 e. The van der Waals surface area contributed by atoms with Crippen molar-refractivity contribution in [2.24, 2.45) is 0 Å². The third-order valence-electron chi connectivity index (χ3n) is 6.42. The van der Waals surface area contributed by atoms with Crippen molar-refractivity contribution in [1.82, 2.24) is 14.5 Å². The van der Waals surface area contributed by atoms with Gasteiger partial charge in [-0.3, -0.25) is 19.0 Å². The molecule has 4 aromatic rings. The van der Waals surface area contributed by atoms with Gasteiger partial charge in [-0.1, -0.05) is 35.5 Å². The summed E-state index contributed by atoms with van der Waals surface area (Å²) in [6.07, 6.45) is 0.629. The first-order valence-corrected chi connectivity index (χ1v) is 13.9. The van der Waals surface area contributed by atoms with Crippen LogP contribution in [0.4, 0.5) is 5.69 Å². The van der Waals surface area contributed by atoms with Crippen molar-refractivity contribution in [2.75, 3.05) is 17.6 Å². The molecule has 0 unspecified atom stereocenters. The molecular weight excluding hydrogens is 504 g/mol. The summed E-state index contributed by atoms with van der Waals surface area (Å²) >= 11 is 2.71. The number of aromatic nitrogens is 2. The largest absolute Gasteiger partial charge is 0.337 e. The standard InChI is InChI=1S/C28H28N4O3S2/c1-16-5-7-21(8-6-16)32-27(35)25-22-9-10-31(19(4)33)14-23(22)37-26(25)30-28(32)36-15-24(34)29-20-12-17(2)11-18(3)13-20/h5-8,11-13H,9-10,14-15H2,1-4H3,(H,29,34). The van der Waals surface area contributed by atoms with Crippen LogP contribution in [0.5, 0.6) is 0 Å². The normalized spacial score (nSPS) is 13.0. The highest BCUT2D eigenvalue weighted by Gasteiger charge is 2.26. The summed E-state index contributed by atoms with van der Waals surface area (Å²) < 4.78 is 1.61. The van der Waals surface area contributed by atoms with Gasteiger partial charge in [-0.2, -0.15) is 0 Å². The summed E-state index contributed by atoms with van der Waals surface area (Å²) in [5.74, 6) is -0.0263. The third-order valence-corrected chi connectivity index (χ3v) is 8.47. The van der Waals surface area contributed by atoms with E-state index in [2.05, 4.69) is 11.4 Å². The van der Waals surface area contributed by atoms with Crippen LogP contribution in [0.2, 0.25) is 0 Å². The van der Waals surface area contributed by atoms with Crippen LogP contribution in [-0.2, 0) is 22.6 Å². The number of fused-ring (bicyclic) bond motifs is 3. The number of thioether (sulfide) groups is 1. The van der Waals surface area contributed by atoms with Crippen molar-refractivity contribution in [1.29, 1.82) is 0 Å². The molecule has 0 saturated carbocycles. The summed E-state index contributed by atoms with van der Waals surface area (Å²) in [6.45, 7) is 8.64. The summed E-state index contributed by atoms with van der Waals surface area (Å²) in [6, 6.07) is 13.6. The molecule has 0 bridgehead atoms. The fourth-order valence-electron chi connectivity index (χ4n) is 4.69. The van der Waals surface area contributed by atoms with Gasteiger partial charge in [-0.05, 0) is 68.1 Å². The first-order valence-electron chi connectivity index (χ1n) is 12.1. The van der Waals surface area contributed by atoms with Gasteiger partial charge >= 0.3 is 0 Å². The summed E-state index contributed by atoms with van der Waals surface area (Å²) in [4.78, 5) is 47.0. The molecule has 0 fully saturated rings. The van der Waals surface area contributed by atoms with Crippen molar-refractivity contribution in [3.8, 4) is 5.69 Å². The van der Waals surface area contributed by atoms with Crippen LogP contribution in [0.25, 0.3) is 15.9 Å². The number of rotatable bonds is 5. The Morgan fingerprint density at radius 3 is 2.43 bits per heavy atom. The predicted molar refractivity (Wildman–Crippen MR) is 150 cm³/mol. The van der Waals surface area contributed by atoms with Gasteiger partial charge in [0.15, 0.2) is 5.16 Å². The Morgan fingerprint density at radius 1 is 1.05 bits per heavy atom. The minimum atomic E-state index is -0.164. The zero-order valence-corrected chi connectivity index (χ0v) is 22.9. The van der Waals surface area contributed by atoms with E-state index in [0.29, 0.717) is 40.6 Å². The van der Waals surface area contributed by atoms with E-state index in [1.807, 2.05) is 57.2 Å². The molecule has 0 spiro atoms. The Hall–Kier alpha value is -3.43. The molecule has 2 aromatic carbocycles. The number of hydrogen-bond acceptors (Lipinski definition) is 6. The molecule has 1 aliphatic rings. The maximum absolute atomic E-state index is 13.9. The number of nitrogens with zero attached hydrogens (tertiary/aromatic N) is 3. The topological polar surface area (TPSA) is 84.3 Å². The lowest BCUT2D eigenvalue weighted by atomic mass is 10.1. The Bertz CT molecular complexity index is 1570. The van der Waals surface area contributed by atoms with Gasteiger partial charge in [-0.15, -0.1) is 11.3 Å². The summed E-state index contributed by atoms with van der Waals surface area (Å²) in [7, 11) is 0. The van der Waals surface area contributed by atoms with Crippen molar-refractivity contribution < 1.29 is 9.59 Å². The van der Waals surface area contributed by atoms with Crippen LogP contribution in [-0.4, -0.2) is 38.6 Å². The summed E-state index contributed by atoms with van der Waals surface area (Å²) in [5, 5.41) is 4.05. The lowest BCUT2D eigenvalue weighted by Crippen LogP contribution is -2.34. The number of carbonyl (C=O) groups excluding carboxylic acids is 2. The van der Waals surface area contributed by atoms with Gasteiger partial charge in [0.1, 0.15) is 4.83 Å². The van der Waals surface area contributed by atoms with Crippen LogP contribution in [0.1, 0.15) is 34.1 Å². The lowest BCUT2D eigenvalue weighted by molar-refractivity contribution is -0.129. The minimum absolute atomic E-state index is 0.0270. The fourth-order valence-corrected chi connectivity index (χ4v) is 6.77. The highest BCUT2D eigenvalue weighted by Crippen LogP contribution is 2.34. The van der Waals surface area contributed by atoms with E-state index in [4.69, 9.17) is 4.98 Å². The van der Waals surface area contributed by atoms with Crippen molar-refractivity contribution >= 4 is 50.8 Å². The van der Waals surface area contributed by atoms with Crippen molar-refractivity contribution in [3.05, 3.63) is 79.9 Å². The van der Waals surface area contributed by atoms with E-state index >= 15 is 0 Å². The lowest BCUT2D eigenvalue weighted by Gasteiger charge is -2.25. The average molecular weight is 533 g/mol. The van der Waals surface area contributed by atoms with Gasteiger partial charge in [0.2, 0.25) is 11.8 Å². The SMILES string of the molecule is CC(=O)N1CCc2c(sc3nc(SCC(=O)Nc4cc(C)cc(C)c4)n(-c4ccc(C)cc4)c(=O)c23)C1. The molecule has 190 valence electrons. The molecule has 0 radical (unpaired) electrons. The molecule has 37 heavy (non-hydrogen) atoms. The van der Waals surface area contributed by atoms with E-state index in [1.54, 1.807) is 16.4 Å². The van der Waals surface area contributed by atoms with E-state index in [-0.39, 0.29) is 23.1 Å². The highest BCUT2D eigenvalue weighted by atomic mass is 32.2. The predicted octanol–water partition coefficient (Wildman–Crippen LogP) is 5.01. The molecule has 2 amide bonds. The smallest absolute Gasteiger partial charge is 0.267 e. The van der Waals surface area contributed by atoms with Gasteiger partial charge in [-0.25, -0.2) is 4.98 Å². The van der Waals surface area contributed by atoms with Crippen LogP contribution in [0, 0.1) is 20.8 Å². The monoisotopic (exact) mass is 532 g/mol. The Kier molecular flexibility index (Phi) is 6.92. The maximum Gasteiger partial charge on any atom is 0.267 e. The van der Waals surface area contributed by atoms with Crippen LogP contribution >= 0.6 is 23.1 Å². The molecule has 5 rings (SSSR count). The van der Waals surface area contributed by atoms with Gasteiger partial charge in [0.25, 0.3) is 5.56 Å². The van der Waals surface area contributed by atoms with Crippen LogP contribution in [0.15, 0.2) is 52.4 Å². The number of amides is 2. The van der Waals surface area contributed by atoms with Crippen LogP contribution < -0.4 is 10.9 Å². The van der Waals surface area contributed by atoms with Crippen molar-refractivity contribution in [2.45, 2.75) is 45.8 Å². The van der Waals surface area contributed by atoms with Crippen LogP contribution in [0.3, 0.4) is 0 Å². The number of nitrogens with one attached hydrogen (secondary N) is 1. The average Bonchev–Trinajstić information content (AvgIpc) is 3.21. The second kappa shape index (κ2) is 10.1. The quantitative estimate of drug-likeness (QED) is 0.289. The Morgan fingerprint density at radius 2 is 1.76 bits per heavy atom. The number of aryl methyl sites for hydroxylation is 3. The molecule has 9 heteroatoms. The molecule has 0 aliphatic carbocycles. The maximum atomic E-state index is 13.9. The zero-order valence-electron chi connectivity index (χ0n) is 21.3. The second-order valence-electron chi connectivity index (χ2n) is 9.46. The Labute approximate surface area is 223 Å². The molecule has 3 heterocycles. The number of hydrogen-bond donors (Lipinski definition) is 1. The number of thiophene rings is 1. The van der Waals surface area contributed by atoms with Gasteiger partial charge in [0.05, 0.1) is 23.4 Å². The van der Waals surface area contributed by atoms with E-state index in [0.717, 1.165) is 32.8 Å². The first-order chi connectivity index (χ1) is 17.7. The van der Waals surface area contributed by atoms with Crippen molar-refractivity contribution in [3.63, 3.8) is 0 Å². The highest BCUT2D eigenvalue weighted by molar-refractivity contribution is 7.99. The zero-order chi connectivity index (χ0) is 26.3.